The molecule has 0 radical (unpaired) electrons. The highest BCUT2D eigenvalue weighted by molar-refractivity contribution is 5.82. The second-order valence-electron chi connectivity index (χ2n) is 4.81. The van der Waals surface area contributed by atoms with Crippen LogP contribution in [-0.2, 0) is 4.79 Å². The lowest BCUT2D eigenvalue weighted by Crippen LogP contribution is -2.37. The van der Waals surface area contributed by atoms with Gasteiger partial charge in [-0.15, -0.1) is 0 Å². The Labute approximate surface area is 114 Å². The molecule has 1 aliphatic heterocycles. The summed E-state index contributed by atoms with van der Waals surface area (Å²) in [6.45, 7) is 5.11. The lowest BCUT2D eigenvalue weighted by atomic mass is 10.2. The van der Waals surface area contributed by atoms with Gasteiger partial charge in [0.15, 0.2) is 0 Å². The summed E-state index contributed by atoms with van der Waals surface area (Å²) in [6, 6.07) is 9.54. The number of hydrogen-bond acceptors (Lipinski definition) is 3. The van der Waals surface area contributed by atoms with Gasteiger partial charge in [0.25, 0.3) is 0 Å². The summed E-state index contributed by atoms with van der Waals surface area (Å²) in [6.07, 6.45) is 1.99. The molecule has 1 fully saturated rings. The summed E-state index contributed by atoms with van der Waals surface area (Å²) in [5.41, 5.74) is 1.67. The SMILES string of the molecule is CCCN1CCCN(c2ccc(C#N)cc2)CC1=O. The maximum atomic E-state index is 12.1. The van der Waals surface area contributed by atoms with E-state index in [9.17, 15) is 4.79 Å². The fraction of sp³-hybridized carbons (Fsp3) is 0.467. The smallest absolute Gasteiger partial charge is 0.242 e. The monoisotopic (exact) mass is 257 g/mol. The minimum Gasteiger partial charge on any atom is -0.362 e. The highest BCUT2D eigenvalue weighted by atomic mass is 16.2. The Balaban J connectivity index is 2.08. The summed E-state index contributed by atoms with van der Waals surface area (Å²) < 4.78 is 0. The van der Waals surface area contributed by atoms with Crippen molar-refractivity contribution in [3.63, 3.8) is 0 Å². The van der Waals surface area contributed by atoms with Crippen LogP contribution in [0.2, 0.25) is 0 Å². The molecular formula is C15H19N3O. The lowest BCUT2D eigenvalue weighted by Gasteiger charge is -2.23. The van der Waals surface area contributed by atoms with Gasteiger partial charge in [-0.3, -0.25) is 4.79 Å². The van der Waals surface area contributed by atoms with Crippen LogP contribution < -0.4 is 4.90 Å². The molecule has 1 amide bonds. The molecule has 1 aromatic carbocycles. The normalized spacial score (nSPS) is 16.1. The summed E-state index contributed by atoms with van der Waals surface area (Å²) in [5, 5.41) is 8.80. The molecule has 1 aromatic rings. The molecule has 0 unspecified atom stereocenters. The van der Waals surface area contributed by atoms with Crippen molar-refractivity contribution < 1.29 is 4.79 Å². The number of carbonyl (C=O) groups excluding carboxylic acids is 1. The van der Waals surface area contributed by atoms with Gasteiger partial charge in [-0.1, -0.05) is 6.92 Å². The van der Waals surface area contributed by atoms with Gasteiger partial charge >= 0.3 is 0 Å². The van der Waals surface area contributed by atoms with Crippen LogP contribution >= 0.6 is 0 Å². The molecule has 100 valence electrons. The van der Waals surface area contributed by atoms with E-state index in [0.29, 0.717) is 12.1 Å². The average Bonchev–Trinajstić information content (AvgIpc) is 2.62. The predicted octanol–water partition coefficient (Wildman–Crippen LogP) is 2.01. The molecule has 0 aromatic heterocycles. The first-order valence-corrected chi connectivity index (χ1v) is 6.77. The zero-order valence-electron chi connectivity index (χ0n) is 11.3. The number of rotatable bonds is 3. The van der Waals surface area contributed by atoms with Crippen LogP contribution in [0.3, 0.4) is 0 Å². The van der Waals surface area contributed by atoms with Crippen molar-refractivity contribution in [1.29, 1.82) is 5.26 Å². The van der Waals surface area contributed by atoms with Gasteiger partial charge in [0.05, 0.1) is 18.2 Å². The topological polar surface area (TPSA) is 47.3 Å². The Morgan fingerprint density at radius 1 is 1.26 bits per heavy atom. The molecule has 19 heavy (non-hydrogen) atoms. The molecule has 0 atom stereocenters. The number of carbonyl (C=O) groups is 1. The number of hydrogen-bond donors (Lipinski definition) is 0. The van der Waals surface area contributed by atoms with E-state index in [0.717, 1.165) is 38.2 Å². The molecule has 0 N–H and O–H groups in total. The minimum atomic E-state index is 0.198. The van der Waals surface area contributed by atoms with Crippen LogP contribution in [0.15, 0.2) is 24.3 Å². The third-order valence-corrected chi connectivity index (χ3v) is 3.39. The minimum absolute atomic E-state index is 0.198. The van der Waals surface area contributed by atoms with Gasteiger partial charge in [-0.2, -0.15) is 5.26 Å². The molecule has 2 rings (SSSR count). The van der Waals surface area contributed by atoms with Crippen LogP contribution in [0, 0.1) is 11.3 Å². The first kappa shape index (κ1) is 13.4. The predicted molar refractivity (Wildman–Crippen MR) is 74.9 cm³/mol. The fourth-order valence-corrected chi connectivity index (χ4v) is 2.39. The molecule has 1 saturated heterocycles. The van der Waals surface area contributed by atoms with Crippen LogP contribution in [0.1, 0.15) is 25.3 Å². The maximum absolute atomic E-state index is 12.1. The van der Waals surface area contributed by atoms with Crippen molar-refractivity contribution >= 4 is 11.6 Å². The molecule has 0 bridgehead atoms. The highest BCUT2D eigenvalue weighted by Gasteiger charge is 2.21. The Morgan fingerprint density at radius 3 is 2.63 bits per heavy atom. The number of nitrogens with zero attached hydrogens (tertiary/aromatic N) is 3. The van der Waals surface area contributed by atoms with Crippen molar-refractivity contribution in [3.8, 4) is 6.07 Å². The van der Waals surface area contributed by atoms with Crippen molar-refractivity contribution in [2.45, 2.75) is 19.8 Å². The molecule has 1 aliphatic rings. The summed E-state index contributed by atoms with van der Waals surface area (Å²) in [4.78, 5) is 16.2. The van der Waals surface area contributed by atoms with Crippen molar-refractivity contribution in [1.82, 2.24) is 4.90 Å². The highest BCUT2D eigenvalue weighted by Crippen LogP contribution is 2.17. The first-order valence-electron chi connectivity index (χ1n) is 6.77. The second-order valence-corrected chi connectivity index (χ2v) is 4.81. The Morgan fingerprint density at radius 2 is 2.00 bits per heavy atom. The third kappa shape index (κ3) is 3.25. The molecule has 0 aliphatic carbocycles. The van der Waals surface area contributed by atoms with Crippen molar-refractivity contribution in [3.05, 3.63) is 29.8 Å². The molecule has 1 heterocycles. The molecule has 4 nitrogen and oxygen atoms in total. The maximum Gasteiger partial charge on any atom is 0.242 e. The van der Waals surface area contributed by atoms with Crippen LogP contribution in [0.25, 0.3) is 0 Å². The lowest BCUT2D eigenvalue weighted by molar-refractivity contribution is -0.129. The van der Waals surface area contributed by atoms with Crippen LogP contribution in [-0.4, -0.2) is 37.0 Å². The summed E-state index contributed by atoms with van der Waals surface area (Å²) in [7, 11) is 0. The fourth-order valence-electron chi connectivity index (χ4n) is 2.39. The zero-order valence-corrected chi connectivity index (χ0v) is 11.3. The Kier molecular flexibility index (Phi) is 4.40. The second kappa shape index (κ2) is 6.24. The van der Waals surface area contributed by atoms with Gasteiger partial charge in [0.2, 0.25) is 5.91 Å². The summed E-state index contributed by atoms with van der Waals surface area (Å²) >= 11 is 0. The van der Waals surface area contributed by atoms with E-state index in [-0.39, 0.29) is 5.91 Å². The molecule has 4 heteroatoms. The van der Waals surface area contributed by atoms with Crippen molar-refractivity contribution in [2.75, 3.05) is 31.1 Å². The first-order chi connectivity index (χ1) is 9.24. The van der Waals surface area contributed by atoms with Crippen molar-refractivity contribution in [2.24, 2.45) is 0 Å². The van der Waals surface area contributed by atoms with Crippen LogP contribution in [0.4, 0.5) is 5.69 Å². The molecule has 0 saturated carbocycles. The summed E-state index contributed by atoms with van der Waals surface area (Å²) in [5.74, 6) is 0.198. The number of nitriles is 1. The largest absolute Gasteiger partial charge is 0.362 e. The average molecular weight is 257 g/mol. The molecule has 0 spiro atoms. The third-order valence-electron chi connectivity index (χ3n) is 3.39. The quantitative estimate of drug-likeness (QED) is 0.832. The van der Waals surface area contributed by atoms with Gasteiger partial charge in [-0.05, 0) is 37.1 Å². The number of anilines is 1. The van der Waals surface area contributed by atoms with E-state index in [2.05, 4.69) is 17.9 Å². The van der Waals surface area contributed by atoms with Gasteiger partial charge < -0.3 is 9.80 Å². The standard InChI is InChI=1S/C15H19N3O/c1-2-8-17-9-3-10-18(12-15(17)19)14-6-4-13(11-16)5-7-14/h4-7H,2-3,8-10,12H2,1H3. The van der Waals surface area contributed by atoms with E-state index in [1.807, 2.05) is 17.0 Å². The Hall–Kier alpha value is -2.02. The number of benzene rings is 1. The van der Waals surface area contributed by atoms with Crippen LogP contribution in [0.5, 0.6) is 0 Å². The molecular weight excluding hydrogens is 238 g/mol. The van der Waals surface area contributed by atoms with E-state index in [4.69, 9.17) is 5.26 Å². The van der Waals surface area contributed by atoms with Gasteiger partial charge in [0, 0.05) is 25.3 Å². The zero-order chi connectivity index (χ0) is 13.7. The van der Waals surface area contributed by atoms with E-state index in [1.54, 1.807) is 12.1 Å². The van der Waals surface area contributed by atoms with E-state index >= 15 is 0 Å². The Bertz CT molecular complexity index is 475. The van der Waals surface area contributed by atoms with E-state index < -0.39 is 0 Å². The van der Waals surface area contributed by atoms with E-state index in [1.165, 1.54) is 0 Å². The van der Waals surface area contributed by atoms with Gasteiger partial charge in [0.1, 0.15) is 0 Å². The number of amides is 1. The van der Waals surface area contributed by atoms with Gasteiger partial charge in [-0.25, -0.2) is 0 Å².